The standard InChI is InChI=1S/C17H21N5O3/c23-11-17(22-12-18-19-20-22,14-4-2-1-3-5-14)16(24)25-15-10-21-8-6-13(15)7-9-21/h1-5,12-13,15,23H,6-11H2/t15-,17?/m0/s1. The Morgan fingerprint density at radius 3 is 2.60 bits per heavy atom. The van der Waals surface area contributed by atoms with Gasteiger partial charge in [-0.15, -0.1) is 5.10 Å². The second-order valence-electron chi connectivity index (χ2n) is 6.72. The van der Waals surface area contributed by atoms with Crippen LogP contribution in [0.3, 0.4) is 0 Å². The van der Waals surface area contributed by atoms with Gasteiger partial charge in [-0.1, -0.05) is 30.3 Å². The van der Waals surface area contributed by atoms with Crippen LogP contribution in [0.2, 0.25) is 0 Å². The van der Waals surface area contributed by atoms with Gasteiger partial charge in [0.1, 0.15) is 12.4 Å². The van der Waals surface area contributed by atoms with Crippen LogP contribution >= 0.6 is 0 Å². The molecule has 2 bridgehead atoms. The number of esters is 1. The Balaban J connectivity index is 1.67. The summed E-state index contributed by atoms with van der Waals surface area (Å²) in [5.41, 5.74) is -0.882. The first-order valence-electron chi connectivity index (χ1n) is 8.57. The lowest BCUT2D eigenvalue weighted by Gasteiger charge is -2.45. The Morgan fingerprint density at radius 1 is 1.28 bits per heavy atom. The van der Waals surface area contributed by atoms with Crippen molar-refractivity contribution in [3.63, 3.8) is 0 Å². The Kier molecular flexibility index (Phi) is 4.22. The minimum absolute atomic E-state index is 0.152. The number of rotatable bonds is 5. The molecule has 2 aromatic rings. The number of benzene rings is 1. The topological polar surface area (TPSA) is 93.4 Å². The summed E-state index contributed by atoms with van der Waals surface area (Å²) in [5, 5.41) is 21.4. The van der Waals surface area contributed by atoms with Crippen molar-refractivity contribution in [3.8, 4) is 0 Å². The summed E-state index contributed by atoms with van der Waals surface area (Å²) in [7, 11) is 0. The van der Waals surface area contributed by atoms with Crippen LogP contribution in [0.25, 0.3) is 0 Å². The number of aliphatic hydroxyl groups excluding tert-OH is 1. The number of aromatic nitrogens is 4. The molecule has 0 radical (unpaired) electrons. The van der Waals surface area contributed by atoms with Gasteiger partial charge in [0.2, 0.25) is 5.54 Å². The maximum Gasteiger partial charge on any atom is 0.341 e. The molecule has 8 nitrogen and oxygen atoms in total. The molecule has 1 aromatic heterocycles. The molecule has 0 amide bonds. The Morgan fingerprint density at radius 2 is 2.04 bits per heavy atom. The molecule has 0 saturated carbocycles. The third kappa shape index (κ3) is 2.71. The van der Waals surface area contributed by atoms with Gasteiger partial charge in [0, 0.05) is 6.54 Å². The average molecular weight is 343 g/mol. The lowest BCUT2D eigenvalue weighted by Crippen LogP contribution is -2.55. The van der Waals surface area contributed by atoms with Crippen LogP contribution < -0.4 is 0 Å². The van der Waals surface area contributed by atoms with E-state index in [4.69, 9.17) is 4.74 Å². The molecule has 3 aliphatic heterocycles. The monoisotopic (exact) mass is 343 g/mol. The second-order valence-corrected chi connectivity index (χ2v) is 6.72. The highest BCUT2D eigenvalue weighted by molar-refractivity contribution is 5.83. The van der Waals surface area contributed by atoms with Crippen molar-refractivity contribution < 1.29 is 14.6 Å². The molecule has 5 rings (SSSR count). The SMILES string of the molecule is O=C(O[C@H]1CN2CCC1CC2)C(CO)(c1ccccc1)n1cnnn1. The fourth-order valence-corrected chi connectivity index (χ4v) is 3.90. The summed E-state index contributed by atoms with van der Waals surface area (Å²) in [5.74, 6) is -0.137. The predicted molar refractivity (Wildman–Crippen MR) is 87.5 cm³/mol. The van der Waals surface area contributed by atoms with Crippen LogP contribution in [0.5, 0.6) is 0 Å². The normalized spacial score (nSPS) is 27.6. The van der Waals surface area contributed by atoms with Crippen LogP contribution in [0.1, 0.15) is 18.4 Å². The van der Waals surface area contributed by atoms with Gasteiger partial charge in [0.25, 0.3) is 0 Å². The average Bonchev–Trinajstić information content (AvgIpc) is 3.20. The number of hydrogen-bond donors (Lipinski definition) is 1. The van der Waals surface area contributed by atoms with Crippen molar-refractivity contribution in [2.75, 3.05) is 26.2 Å². The summed E-state index contributed by atoms with van der Waals surface area (Å²) in [4.78, 5) is 15.5. The van der Waals surface area contributed by atoms with Crippen LogP contribution in [0.15, 0.2) is 36.7 Å². The number of carbonyl (C=O) groups is 1. The number of piperidine rings is 3. The van der Waals surface area contributed by atoms with E-state index in [0.717, 1.165) is 32.5 Å². The van der Waals surface area contributed by atoms with Crippen molar-refractivity contribution in [2.24, 2.45) is 5.92 Å². The van der Waals surface area contributed by atoms with Gasteiger partial charge in [-0.2, -0.15) is 0 Å². The van der Waals surface area contributed by atoms with E-state index >= 15 is 0 Å². The van der Waals surface area contributed by atoms with Crippen molar-refractivity contribution in [1.82, 2.24) is 25.1 Å². The van der Waals surface area contributed by atoms with Crippen LogP contribution in [0, 0.1) is 5.92 Å². The zero-order valence-electron chi connectivity index (χ0n) is 13.9. The van der Waals surface area contributed by atoms with Gasteiger partial charge in [-0.05, 0) is 47.8 Å². The highest BCUT2D eigenvalue weighted by Crippen LogP contribution is 2.33. The van der Waals surface area contributed by atoms with Crippen molar-refractivity contribution >= 4 is 5.97 Å². The summed E-state index contributed by atoms with van der Waals surface area (Å²) >= 11 is 0. The van der Waals surface area contributed by atoms with E-state index in [9.17, 15) is 9.90 Å². The molecule has 0 spiro atoms. The number of carbonyl (C=O) groups excluding carboxylic acids is 1. The van der Waals surface area contributed by atoms with Gasteiger partial charge >= 0.3 is 5.97 Å². The van der Waals surface area contributed by atoms with Crippen LogP contribution in [-0.2, 0) is 15.1 Å². The molecule has 4 heterocycles. The lowest BCUT2D eigenvalue weighted by molar-refractivity contribution is -0.170. The Labute approximate surface area is 145 Å². The first-order chi connectivity index (χ1) is 12.2. The van der Waals surface area contributed by atoms with Crippen molar-refractivity contribution in [3.05, 3.63) is 42.2 Å². The van der Waals surface area contributed by atoms with Crippen molar-refractivity contribution in [1.29, 1.82) is 0 Å². The molecular formula is C17H21N5O3. The van der Waals surface area contributed by atoms with Gasteiger partial charge in [0.05, 0.1) is 6.61 Å². The highest BCUT2D eigenvalue weighted by Gasteiger charge is 2.47. The Hall–Kier alpha value is -2.32. The van der Waals surface area contributed by atoms with E-state index in [2.05, 4.69) is 20.4 Å². The molecular weight excluding hydrogens is 322 g/mol. The number of ether oxygens (including phenoxy) is 1. The molecule has 1 N–H and O–H groups in total. The highest BCUT2D eigenvalue weighted by atomic mass is 16.5. The van der Waals surface area contributed by atoms with Gasteiger partial charge in [-0.3, -0.25) is 4.90 Å². The summed E-state index contributed by atoms with van der Waals surface area (Å²) in [6.07, 6.45) is 3.27. The number of fused-ring (bicyclic) bond motifs is 3. The van der Waals surface area contributed by atoms with E-state index < -0.39 is 18.1 Å². The molecule has 1 unspecified atom stereocenters. The summed E-state index contributed by atoms with van der Waals surface area (Å²) in [6.45, 7) is 2.40. The maximum absolute atomic E-state index is 13.2. The number of tetrazole rings is 1. The first kappa shape index (κ1) is 16.2. The molecule has 3 aliphatic rings. The molecule has 3 fully saturated rings. The summed E-state index contributed by atoms with van der Waals surface area (Å²) in [6, 6.07) is 9.02. The number of nitrogens with zero attached hydrogens (tertiary/aromatic N) is 5. The Bertz CT molecular complexity index is 715. The third-order valence-corrected chi connectivity index (χ3v) is 5.41. The molecule has 132 valence electrons. The fraction of sp³-hybridized carbons (Fsp3) is 0.529. The summed E-state index contributed by atoms with van der Waals surface area (Å²) < 4.78 is 7.19. The van der Waals surface area contributed by atoms with Gasteiger partial charge < -0.3 is 9.84 Å². The van der Waals surface area contributed by atoms with Gasteiger partial charge in [-0.25, -0.2) is 9.48 Å². The van der Waals surface area contributed by atoms with E-state index in [1.807, 2.05) is 18.2 Å². The van der Waals surface area contributed by atoms with Crippen LogP contribution in [0.4, 0.5) is 0 Å². The molecule has 1 aromatic carbocycles. The van der Waals surface area contributed by atoms with E-state index in [-0.39, 0.29) is 6.10 Å². The molecule has 8 heteroatoms. The fourth-order valence-electron chi connectivity index (χ4n) is 3.90. The molecule has 2 atom stereocenters. The quantitative estimate of drug-likeness (QED) is 0.767. The minimum atomic E-state index is -1.48. The molecule has 3 saturated heterocycles. The number of aliphatic hydroxyl groups is 1. The zero-order valence-corrected chi connectivity index (χ0v) is 13.9. The second kappa shape index (κ2) is 6.53. The zero-order chi connectivity index (χ0) is 17.3. The van der Waals surface area contributed by atoms with Crippen molar-refractivity contribution in [2.45, 2.75) is 24.5 Å². The first-order valence-corrected chi connectivity index (χ1v) is 8.57. The lowest BCUT2D eigenvalue weighted by atomic mass is 9.85. The van der Waals surface area contributed by atoms with E-state index in [1.54, 1.807) is 12.1 Å². The largest absolute Gasteiger partial charge is 0.459 e. The predicted octanol–water partition coefficient (Wildman–Crippen LogP) is 0.0464. The van der Waals surface area contributed by atoms with Crippen LogP contribution in [-0.4, -0.2) is 68.5 Å². The molecule has 25 heavy (non-hydrogen) atoms. The molecule has 0 aliphatic carbocycles. The van der Waals surface area contributed by atoms with E-state index in [1.165, 1.54) is 11.0 Å². The van der Waals surface area contributed by atoms with E-state index in [0.29, 0.717) is 11.5 Å². The minimum Gasteiger partial charge on any atom is -0.459 e. The smallest absolute Gasteiger partial charge is 0.341 e. The number of hydrogen-bond acceptors (Lipinski definition) is 7. The third-order valence-electron chi connectivity index (χ3n) is 5.41. The van der Waals surface area contributed by atoms with Gasteiger partial charge in [0.15, 0.2) is 0 Å². The maximum atomic E-state index is 13.2.